The first-order valence-electron chi connectivity index (χ1n) is 20.8. The summed E-state index contributed by atoms with van der Waals surface area (Å²) in [5, 5.41) is 4.56. The molecule has 0 aliphatic carbocycles. The molecule has 0 bridgehead atoms. The number of rotatable bonds is 7. The molecule has 5 heteroatoms. The molecular weight excluding hydrogens is 757 g/mol. The lowest BCUT2D eigenvalue weighted by atomic mass is 10.0. The third kappa shape index (κ3) is 6.23. The first-order valence-corrected chi connectivity index (χ1v) is 20.8. The van der Waals surface area contributed by atoms with E-state index in [0.29, 0.717) is 17.5 Å². The van der Waals surface area contributed by atoms with Gasteiger partial charge in [0.15, 0.2) is 17.5 Å². The van der Waals surface area contributed by atoms with Gasteiger partial charge in [-0.15, -0.1) is 0 Å². The van der Waals surface area contributed by atoms with Crippen molar-refractivity contribution in [1.82, 2.24) is 19.5 Å². The Morgan fingerprint density at radius 1 is 0.274 bits per heavy atom. The topological polar surface area (TPSA) is 56.7 Å². The number of hydrogen-bond acceptors (Lipinski definition) is 4. The Balaban J connectivity index is 0.966. The molecule has 12 rings (SSSR count). The van der Waals surface area contributed by atoms with Gasteiger partial charge in [-0.2, -0.15) is 0 Å². The molecule has 0 spiro atoms. The number of hydrogen-bond donors (Lipinski definition) is 0. The van der Waals surface area contributed by atoms with Crippen LogP contribution in [0, 0.1) is 0 Å². The summed E-state index contributed by atoms with van der Waals surface area (Å²) in [6.45, 7) is 0. The van der Waals surface area contributed by atoms with E-state index in [1.807, 2.05) is 12.1 Å². The van der Waals surface area contributed by atoms with Gasteiger partial charge in [0.1, 0.15) is 11.2 Å². The molecule has 9 aromatic carbocycles. The zero-order chi connectivity index (χ0) is 41.0. The molecule has 0 amide bonds. The van der Waals surface area contributed by atoms with E-state index in [0.717, 1.165) is 77.7 Å². The highest BCUT2D eigenvalue weighted by molar-refractivity contribution is 6.11. The minimum atomic E-state index is 0.574. The number of fused-ring (bicyclic) bond motifs is 6. The SMILES string of the molecule is c1ccc(-c2cccc(-c3nc(-c4cccc(-c5ccccc5)c4)nc(-c4ccc5c(c4)oc4ccc(-c6ccc7c8ccccc8n(-c8ccccc8)c7c6)cc45)n3)c2)cc1. The van der Waals surface area contributed by atoms with Crippen LogP contribution in [0.5, 0.6) is 0 Å². The van der Waals surface area contributed by atoms with Crippen LogP contribution in [0.15, 0.2) is 223 Å². The second-order valence-electron chi connectivity index (χ2n) is 15.6. The van der Waals surface area contributed by atoms with Crippen LogP contribution in [-0.4, -0.2) is 19.5 Å². The fourth-order valence-corrected chi connectivity index (χ4v) is 8.80. The summed E-state index contributed by atoms with van der Waals surface area (Å²) in [7, 11) is 0. The molecule has 5 nitrogen and oxygen atoms in total. The lowest BCUT2D eigenvalue weighted by Gasteiger charge is -2.11. The fraction of sp³-hybridized carbons (Fsp3) is 0. The zero-order valence-electron chi connectivity index (χ0n) is 33.5. The molecule has 290 valence electrons. The summed E-state index contributed by atoms with van der Waals surface area (Å²) in [6.07, 6.45) is 0. The van der Waals surface area contributed by atoms with Crippen LogP contribution in [0.25, 0.3) is 117 Å². The van der Waals surface area contributed by atoms with Gasteiger partial charge in [-0.3, -0.25) is 0 Å². The van der Waals surface area contributed by atoms with Crippen LogP contribution in [0.2, 0.25) is 0 Å². The van der Waals surface area contributed by atoms with Crippen LogP contribution >= 0.6 is 0 Å². The van der Waals surface area contributed by atoms with Gasteiger partial charge in [-0.1, -0.05) is 158 Å². The molecular formula is C57H36N4O. The molecule has 0 saturated heterocycles. The number of nitrogens with zero attached hydrogens (tertiary/aromatic N) is 4. The normalized spacial score (nSPS) is 11.5. The van der Waals surface area contributed by atoms with Gasteiger partial charge < -0.3 is 8.98 Å². The van der Waals surface area contributed by atoms with Crippen LogP contribution in [-0.2, 0) is 0 Å². The van der Waals surface area contributed by atoms with E-state index in [1.165, 1.54) is 21.8 Å². The number of furan rings is 1. The quantitative estimate of drug-likeness (QED) is 0.161. The van der Waals surface area contributed by atoms with Gasteiger partial charge in [-0.05, 0) is 94.0 Å². The maximum absolute atomic E-state index is 6.58. The summed E-state index contributed by atoms with van der Waals surface area (Å²) in [6, 6.07) is 76.3. The van der Waals surface area contributed by atoms with Crippen molar-refractivity contribution >= 4 is 43.7 Å². The maximum atomic E-state index is 6.58. The average molecular weight is 793 g/mol. The summed E-state index contributed by atoms with van der Waals surface area (Å²) in [5.41, 5.74) is 14.5. The lowest BCUT2D eigenvalue weighted by molar-refractivity contribution is 0.669. The van der Waals surface area contributed by atoms with Crippen molar-refractivity contribution in [3.8, 4) is 73.2 Å². The highest BCUT2D eigenvalue weighted by Crippen LogP contribution is 2.38. The average Bonchev–Trinajstić information content (AvgIpc) is 3.89. The molecule has 0 radical (unpaired) electrons. The fourth-order valence-electron chi connectivity index (χ4n) is 8.80. The molecule has 0 N–H and O–H groups in total. The molecule has 0 aliphatic heterocycles. The molecule has 3 aromatic heterocycles. The Bertz CT molecular complexity index is 3530. The van der Waals surface area contributed by atoms with E-state index in [-0.39, 0.29) is 0 Å². The van der Waals surface area contributed by atoms with E-state index < -0.39 is 0 Å². The van der Waals surface area contributed by atoms with Gasteiger partial charge in [0, 0.05) is 43.9 Å². The molecule has 0 fully saturated rings. The monoisotopic (exact) mass is 792 g/mol. The van der Waals surface area contributed by atoms with Crippen LogP contribution in [0.4, 0.5) is 0 Å². The Kier molecular flexibility index (Phi) is 8.42. The van der Waals surface area contributed by atoms with Crippen molar-refractivity contribution in [3.63, 3.8) is 0 Å². The summed E-state index contributed by atoms with van der Waals surface area (Å²) < 4.78 is 8.94. The van der Waals surface area contributed by atoms with Crippen molar-refractivity contribution < 1.29 is 4.42 Å². The van der Waals surface area contributed by atoms with Crippen molar-refractivity contribution in [3.05, 3.63) is 218 Å². The van der Waals surface area contributed by atoms with E-state index in [1.54, 1.807) is 0 Å². The highest BCUT2D eigenvalue weighted by Gasteiger charge is 2.18. The minimum absolute atomic E-state index is 0.574. The van der Waals surface area contributed by atoms with Crippen molar-refractivity contribution in [2.24, 2.45) is 0 Å². The van der Waals surface area contributed by atoms with Gasteiger partial charge in [0.25, 0.3) is 0 Å². The van der Waals surface area contributed by atoms with E-state index in [2.05, 4.69) is 211 Å². The molecule has 12 aromatic rings. The molecule has 0 saturated carbocycles. The number of para-hydroxylation sites is 2. The lowest BCUT2D eigenvalue weighted by Crippen LogP contribution is -2.00. The molecule has 0 atom stereocenters. The molecule has 0 unspecified atom stereocenters. The maximum Gasteiger partial charge on any atom is 0.164 e. The van der Waals surface area contributed by atoms with Crippen LogP contribution in [0.3, 0.4) is 0 Å². The van der Waals surface area contributed by atoms with E-state index >= 15 is 0 Å². The standard InChI is InChI=1S/C57H36N4O/c1-4-14-37(15-5-1)39-18-12-20-43(32-39)55-58-56(44-21-13-19-40(33-44)38-16-6-2-7-17-38)60-57(59-55)45-27-30-49-50-34-41(28-31-53(50)62-54(49)36-45)42-26-29-48-47-24-10-11-25-51(47)61(52(48)35-42)46-22-8-3-9-23-46/h1-36H. The predicted molar refractivity (Wildman–Crippen MR) is 254 cm³/mol. The van der Waals surface area contributed by atoms with Crippen LogP contribution in [0.1, 0.15) is 0 Å². The second kappa shape index (κ2) is 14.7. The van der Waals surface area contributed by atoms with E-state index in [4.69, 9.17) is 19.4 Å². The Labute approximate surface area is 357 Å². The van der Waals surface area contributed by atoms with Crippen molar-refractivity contribution in [1.29, 1.82) is 0 Å². The third-order valence-corrected chi connectivity index (χ3v) is 11.8. The van der Waals surface area contributed by atoms with Gasteiger partial charge in [0.05, 0.1) is 11.0 Å². The number of aromatic nitrogens is 4. The van der Waals surface area contributed by atoms with Crippen molar-refractivity contribution in [2.45, 2.75) is 0 Å². The zero-order valence-corrected chi connectivity index (χ0v) is 33.5. The summed E-state index contributed by atoms with van der Waals surface area (Å²) >= 11 is 0. The Morgan fingerprint density at radius 3 is 1.40 bits per heavy atom. The first kappa shape index (κ1) is 35.5. The smallest absolute Gasteiger partial charge is 0.164 e. The summed E-state index contributed by atoms with van der Waals surface area (Å²) in [5.74, 6) is 1.78. The third-order valence-electron chi connectivity index (χ3n) is 11.8. The Hall–Kier alpha value is -8.41. The first-order chi connectivity index (χ1) is 30.7. The van der Waals surface area contributed by atoms with E-state index in [9.17, 15) is 0 Å². The van der Waals surface area contributed by atoms with Gasteiger partial charge >= 0.3 is 0 Å². The minimum Gasteiger partial charge on any atom is -0.456 e. The molecule has 62 heavy (non-hydrogen) atoms. The highest BCUT2D eigenvalue weighted by atomic mass is 16.3. The van der Waals surface area contributed by atoms with Gasteiger partial charge in [0.2, 0.25) is 0 Å². The van der Waals surface area contributed by atoms with Crippen LogP contribution < -0.4 is 0 Å². The van der Waals surface area contributed by atoms with Gasteiger partial charge in [-0.25, -0.2) is 15.0 Å². The molecule has 0 aliphatic rings. The molecule has 3 heterocycles. The largest absolute Gasteiger partial charge is 0.456 e. The van der Waals surface area contributed by atoms with Crippen molar-refractivity contribution in [2.75, 3.05) is 0 Å². The predicted octanol–water partition coefficient (Wildman–Crippen LogP) is 14.9. The second-order valence-corrected chi connectivity index (χ2v) is 15.6. The number of benzene rings is 9. The Morgan fingerprint density at radius 2 is 0.742 bits per heavy atom. The summed E-state index contributed by atoms with van der Waals surface area (Å²) in [4.78, 5) is 15.4.